The maximum Gasteiger partial charge on any atom is 0.150 e. The maximum atomic E-state index is 13.6. The van der Waals surface area contributed by atoms with Crippen molar-refractivity contribution in [3.63, 3.8) is 0 Å². The zero-order valence-corrected chi connectivity index (χ0v) is 9.53. The summed E-state index contributed by atoms with van der Waals surface area (Å²) in [5, 5.41) is 0.0663. The lowest BCUT2D eigenvalue weighted by atomic mass is 10.0. The summed E-state index contributed by atoms with van der Waals surface area (Å²) < 4.78 is 19.6. The molecule has 76 valence electrons. The predicted molar refractivity (Wildman–Crippen MR) is 56.2 cm³/mol. The number of halogens is 3. The molecule has 0 aromatic heterocycles. The van der Waals surface area contributed by atoms with Gasteiger partial charge >= 0.3 is 0 Å². The summed E-state index contributed by atoms with van der Waals surface area (Å²) in [5.74, 6) is 0.00252. The third kappa shape index (κ3) is 1.51. The molecule has 0 saturated carbocycles. The summed E-state index contributed by atoms with van der Waals surface area (Å²) in [6.07, 6.45) is 0.608. The van der Waals surface area contributed by atoms with Crippen LogP contribution in [0.25, 0.3) is 0 Å². The van der Waals surface area contributed by atoms with Gasteiger partial charge in [0.2, 0.25) is 0 Å². The van der Waals surface area contributed by atoms with Gasteiger partial charge in [-0.2, -0.15) is 0 Å². The molecule has 2 rings (SSSR count). The van der Waals surface area contributed by atoms with Crippen LogP contribution < -0.4 is 10.5 Å². The van der Waals surface area contributed by atoms with E-state index in [4.69, 9.17) is 22.1 Å². The largest absolute Gasteiger partial charge is 0.492 e. The van der Waals surface area contributed by atoms with Crippen LogP contribution >= 0.6 is 27.5 Å². The number of benzene rings is 1. The minimum absolute atomic E-state index is 0.0663. The molecule has 0 aliphatic carbocycles. The van der Waals surface area contributed by atoms with Crippen LogP contribution in [-0.2, 0) is 0 Å². The highest BCUT2D eigenvalue weighted by molar-refractivity contribution is 9.10. The van der Waals surface area contributed by atoms with Crippen molar-refractivity contribution in [3.8, 4) is 5.75 Å². The van der Waals surface area contributed by atoms with Crippen molar-refractivity contribution in [1.29, 1.82) is 0 Å². The molecule has 1 atom stereocenters. The molecular weight excluding hydrogens is 272 g/mol. The molecular formula is C9H8BrClFNO. The van der Waals surface area contributed by atoms with Crippen LogP contribution in [0.2, 0.25) is 5.02 Å². The zero-order valence-electron chi connectivity index (χ0n) is 7.19. The highest BCUT2D eigenvalue weighted by Gasteiger charge is 2.26. The van der Waals surface area contributed by atoms with E-state index in [2.05, 4.69) is 15.9 Å². The fourth-order valence-electron chi connectivity index (χ4n) is 1.51. The minimum atomic E-state index is -0.475. The number of nitrogens with two attached hydrogens (primary N) is 1. The normalized spacial score (nSPS) is 20.1. The van der Waals surface area contributed by atoms with E-state index in [9.17, 15) is 4.39 Å². The SMILES string of the molecule is N[C@H]1CCOc2c(Br)cc(Cl)c(F)c21. The van der Waals surface area contributed by atoms with Crippen LogP contribution in [0.5, 0.6) is 5.75 Å². The Hall–Kier alpha value is -0.320. The molecule has 0 amide bonds. The summed E-state index contributed by atoms with van der Waals surface area (Å²) in [6.45, 7) is 0.508. The highest BCUT2D eigenvalue weighted by atomic mass is 79.9. The first kappa shape index (κ1) is 10.2. The Bertz CT molecular complexity index is 386. The lowest BCUT2D eigenvalue weighted by Gasteiger charge is -2.24. The lowest BCUT2D eigenvalue weighted by Crippen LogP contribution is -2.22. The Balaban J connectivity index is 2.67. The van der Waals surface area contributed by atoms with Crippen molar-refractivity contribution in [2.24, 2.45) is 5.73 Å². The molecule has 0 bridgehead atoms. The third-order valence-corrected chi connectivity index (χ3v) is 3.07. The molecule has 0 fully saturated rings. The third-order valence-electron chi connectivity index (χ3n) is 2.21. The first-order chi connectivity index (χ1) is 6.61. The van der Waals surface area contributed by atoms with Gasteiger partial charge in [-0.15, -0.1) is 0 Å². The molecule has 5 heteroatoms. The molecule has 0 radical (unpaired) electrons. The molecule has 14 heavy (non-hydrogen) atoms. The Morgan fingerprint density at radius 2 is 2.36 bits per heavy atom. The average molecular weight is 281 g/mol. The van der Waals surface area contributed by atoms with Crippen LogP contribution in [0.1, 0.15) is 18.0 Å². The molecule has 2 nitrogen and oxygen atoms in total. The van der Waals surface area contributed by atoms with Gasteiger partial charge in [-0.05, 0) is 22.0 Å². The van der Waals surface area contributed by atoms with Gasteiger partial charge in [0.1, 0.15) is 11.6 Å². The van der Waals surface area contributed by atoms with Gasteiger partial charge in [0.15, 0.2) is 0 Å². The first-order valence-corrected chi connectivity index (χ1v) is 5.34. The summed E-state index contributed by atoms with van der Waals surface area (Å²) in [7, 11) is 0. The molecule has 0 unspecified atom stereocenters. The van der Waals surface area contributed by atoms with E-state index in [0.29, 0.717) is 28.8 Å². The fourth-order valence-corrected chi connectivity index (χ4v) is 2.41. The predicted octanol–water partition coefficient (Wildman–Crippen LogP) is 3.02. The van der Waals surface area contributed by atoms with Crippen molar-refractivity contribution in [3.05, 3.63) is 26.9 Å². The van der Waals surface area contributed by atoms with E-state index in [1.54, 1.807) is 0 Å². The topological polar surface area (TPSA) is 35.2 Å². The lowest BCUT2D eigenvalue weighted by molar-refractivity contribution is 0.262. The summed E-state index contributed by atoms with van der Waals surface area (Å²) in [6, 6.07) is 1.14. The number of rotatable bonds is 0. The number of hydrogen-bond acceptors (Lipinski definition) is 2. The van der Waals surface area contributed by atoms with Gasteiger partial charge in [-0.3, -0.25) is 0 Å². The van der Waals surface area contributed by atoms with Crippen LogP contribution in [0.15, 0.2) is 10.5 Å². The van der Waals surface area contributed by atoms with Crippen molar-refractivity contribution >= 4 is 27.5 Å². The fraction of sp³-hybridized carbons (Fsp3) is 0.333. The second-order valence-electron chi connectivity index (χ2n) is 3.14. The maximum absolute atomic E-state index is 13.6. The number of ether oxygens (including phenoxy) is 1. The Morgan fingerprint density at radius 1 is 1.64 bits per heavy atom. The summed E-state index contributed by atoms with van der Waals surface area (Å²) in [4.78, 5) is 0. The summed E-state index contributed by atoms with van der Waals surface area (Å²) >= 11 is 8.96. The standard InChI is InChI=1S/C9H8BrClFNO/c10-4-3-5(11)8(12)7-6(13)1-2-14-9(4)7/h3,6H,1-2,13H2/t6-/m0/s1. The number of fused-ring (bicyclic) bond motifs is 1. The van der Waals surface area contributed by atoms with Crippen molar-refractivity contribution in [1.82, 2.24) is 0 Å². The molecule has 2 N–H and O–H groups in total. The first-order valence-electron chi connectivity index (χ1n) is 4.17. The van der Waals surface area contributed by atoms with Gasteiger partial charge in [0.25, 0.3) is 0 Å². The average Bonchev–Trinajstić information content (AvgIpc) is 2.14. The van der Waals surface area contributed by atoms with Crippen LogP contribution in [0.3, 0.4) is 0 Å². The second kappa shape index (κ2) is 3.68. The quantitative estimate of drug-likeness (QED) is 0.741. The van der Waals surface area contributed by atoms with Gasteiger partial charge in [-0.25, -0.2) is 4.39 Å². The Morgan fingerprint density at radius 3 is 3.07 bits per heavy atom. The smallest absolute Gasteiger partial charge is 0.150 e. The van der Waals surface area contributed by atoms with Crippen LogP contribution in [0, 0.1) is 5.82 Å². The number of hydrogen-bond donors (Lipinski definition) is 1. The minimum Gasteiger partial charge on any atom is -0.492 e. The molecule has 1 aromatic rings. The second-order valence-corrected chi connectivity index (χ2v) is 4.40. The zero-order chi connectivity index (χ0) is 10.3. The molecule has 1 aliphatic rings. The van der Waals surface area contributed by atoms with Gasteiger partial charge in [0, 0.05) is 18.0 Å². The van der Waals surface area contributed by atoms with E-state index in [0.717, 1.165) is 0 Å². The van der Waals surface area contributed by atoms with Crippen molar-refractivity contribution < 1.29 is 9.13 Å². The van der Waals surface area contributed by atoms with E-state index in [-0.39, 0.29) is 11.1 Å². The molecule has 0 spiro atoms. The monoisotopic (exact) mass is 279 g/mol. The van der Waals surface area contributed by atoms with Gasteiger partial charge < -0.3 is 10.5 Å². The summed E-state index contributed by atoms with van der Waals surface area (Å²) in [5.41, 5.74) is 6.16. The van der Waals surface area contributed by atoms with Gasteiger partial charge in [-0.1, -0.05) is 11.6 Å². The molecule has 1 heterocycles. The van der Waals surface area contributed by atoms with Crippen LogP contribution in [-0.4, -0.2) is 6.61 Å². The van der Waals surface area contributed by atoms with E-state index < -0.39 is 5.82 Å². The molecule has 0 saturated heterocycles. The van der Waals surface area contributed by atoms with E-state index in [1.807, 2.05) is 0 Å². The van der Waals surface area contributed by atoms with Crippen molar-refractivity contribution in [2.45, 2.75) is 12.5 Å². The van der Waals surface area contributed by atoms with Crippen LogP contribution in [0.4, 0.5) is 4.39 Å². The Kier molecular flexibility index (Phi) is 2.68. The molecule has 1 aliphatic heterocycles. The Labute approximate surface area is 94.3 Å². The highest BCUT2D eigenvalue weighted by Crippen LogP contribution is 2.41. The molecule has 1 aromatic carbocycles. The van der Waals surface area contributed by atoms with Crippen molar-refractivity contribution in [2.75, 3.05) is 6.61 Å². The van der Waals surface area contributed by atoms with Gasteiger partial charge in [0.05, 0.1) is 16.1 Å². The van der Waals surface area contributed by atoms with E-state index >= 15 is 0 Å². The van der Waals surface area contributed by atoms with E-state index in [1.165, 1.54) is 6.07 Å².